The van der Waals surface area contributed by atoms with Gasteiger partial charge in [-0.3, -0.25) is 4.79 Å². The first-order valence-electron chi connectivity index (χ1n) is 8.40. The lowest BCUT2D eigenvalue weighted by molar-refractivity contribution is 0.0949. The number of nitrogens with one attached hydrogen (secondary N) is 2. The van der Waals surface area contributed by atoms with Crippen molar-refractivity contribution in [1.82, 2.24) is 15.3 Å². The number of ether oxygens (including phenoxy) is 1. The van der Waals surface area contributed by atoms with Crippen LogP contribution in [0, 0.1) is 0 Å². The number of anilines is 2. The average Bonchev–Trinajstić information content (AvgIpc) is 2.70. The molecule has 0 aliphatic carbocycles. The fraction of sp³-hybridized carbons (Fsp3) is 0.150. The molecule has 3 aromatic rings. The van der Waals surface area contributed by atoms with Gasteiger partial charge in [-0.2, -0.15) is 0 Å². The van der Waals surface area contributed by atoms with Crippen LogP contribution in [0.2, 0.25) is 5.02 Å². The molecule has 1 aromatic heterocycles. The maximum Gasteiger partial charge on any atom is 0.270 e. The molecule has 3 rings (SSSR count). The Bertz CT molecular complexity index is 916. The van der Waals surface area contributed by atoms with E-state index in [1.54, 1.807) is 25.3 Å². The fourth-order valence-electron chi connectivity index (χ4n) is 2.47. The summed E-state index contributed by atoms with van der Waals surface area (Å²) < 4.78 is 5.20. The molecular weight excluding hydrogens is 364 g/mol. The Morgan fingerprint density at radius 3 is 2.70 bits per heavy atom. The van der Waals surface area contributed by atoms with Gasteiger partial charge < -0.3 is 15.4 Å². The Hall–Kier alpha value is -3.12. The molecule has 0 atom stereocenters. The van der Waals surface area contributed by atoms with Gasteiger partial charge in [0.1, 0.15) is 23.6 Å². The van der Waals surface area contributed by atoms with E-state index in [-0.39, 0.29) is 5.91 Å². The van der Waals surface area contributed by atoms with Gasteiger partial charge in [-0.05, 0) is 48.4 Å². The lowest BCUT2D eigenvalue weighted by Crippen LogP contribution is -2.26. The van der Waals surface area contributed by atoms with Crippen LogP contribution in [-0.4, -0.2) is 29.5 Å². The largest absolute Gasteiger partial charge is 0.497 e. The number of carbonyl (C=O) groups excluding carboxylic acids is 1. The highest BCUT2D eigenvalue weighted by molar-refractivity contribution is 6.30. The Labute approximate surface area is 162 Å². The molecule has 0 bridgehead atoms. The van der Waals surface area contributed by atoms with Gasteiger partial charge >= 0.3 is 0 Å². The number of hydrogen-bond donors (Lipinski definition) is 2. The van der Waals surface area contributed by atoms with E-state index in [0.717, 1.165) is 17.0 Å². The van der Waals surface area contributed by atoms with Gasteiger partial charge in [0.25, 0.3) is 5.91 Å². The standard InChI is InChI=1S/C20H19ClN4O2/c1-27-17-4-2-3-14(11-17)9-10-22-20(26)18-12-19(24-13-23-18)25-16-7-5-15(21)6-8-16/h2-8,11-13H,9-10H2,1H3,(H,22,26)(H,23,24,25). The van der Waals surface area contributed by atoms with E-state index in [9.17, 15) is 4.79 Å². The number of halogens is 1. The van der Waals surface area contributed by atoms with E-state index in [0.29, 0.717) is 29.5 Å². The summed E-state index contributed by atoms with van der Waals surface area (Å²) in [5, 5.41) is 6.64. The minimum atomic E-state index is -0.251. The van der Waals surface area contributed by atoms with Crippen LogP contribution in [0.5, 0.6) is 5.75 Å². The average molecular weight is 383 g/mol. The van der Waals surface area contributed by atoms with Crippen molar-refractivity contribution in [2.45, 2.75) is 6.42 Å². The number of carbonyl (C=O) groups is 1. The van der Waals surface area contributed by atoms with E-state index in [1.165, 1.54) is 6.33 Å². The van der Waals surface area contributed by atoms with Crippen molar-refractivity contribution in [1.29, 1.82) is 0 Å². The summed E-state index contributed by atoms with van der Waals surface area (Å²) in [6.07, 6.45) is 2.05. The number of aromatic nitrogens is 2. The van der Waals surface area contributed by atoms with Crippen LogP contribution in [0.1, 0.15) is 16.1 Å². The molecule has 0 unspecified atom stereocenters. The van der Waals surface area contributed by atoms with Crippen molar-refractivity contribution in [3.8, 4) is 5.75 Å². The van der Waals surface area contributed by atoms with Gasteiger partial charge in [-0.15, -0.1) is 0 Å². The Balaban J connectivity index is 1.57. The van der Waals surface area contributed by atoms with E-state index in [2.05, 4.69) is 20.6 Å². The second-order valence-electron chi connectivity index (χ2n) is 5.78. The Morgan fingerprint density at radius 2 is 1.93 bits per heavy atom. The van der Waals surface area contributed by atoms with Gasteiger partial charge in [0, 0.05) is 23.3 Å². The van der Waals surface area contributed by atoms with Gasteiger partial charge in [-0.1, -0.05) is 23.7 Å². The molecule has 6 nitrogen and oxygen atoms in total. The highest BCUT2D eigenvalue weighted by Crippen LogP contribution is 2.17. The first-order valence-corrected chi connectivity index (χ1v) is 8.77. The van der Waals surface area contributed by atoms with E-state index < -0.39 is 0 Å². The van der Waals surface area contributed by atoms with Crippen molar-refractivity contribution < 1.29 is 9.53 Å². The smallest absolute Gasteiger partial charge is 0.270 e. The molecular formula is C20H19ClN4O2. The molecule has 138 valence electrons. The molecule has 2 N–H and O–H groups in total. The number of methoxy groups -OCH3 is 1. The van der Waals surface area contributed by atoms with Gasteiger partial charge in [0.15, 0.2) is 0 Å². The van der Waals surface area contributed by atoms with Gasteiger partial charge in [-0.25, -0.2) is 9.97 Å². The third-order valence-corrected chi connectivity index (χ3v) is 4.10. The van der Waals surface area contributed by atoms with Gasteiger partial charge in [0.2, 0.25) is 0 Å². The fourth-order valence-corrected chi connectivity index (χ4v) is 2.60. The van der Waals surface area contributed by atoms with E-state index >= 15 is 0 Å². The molecule has 0 saturated carbocycles. The number of amides is 1. The summed E-state index contributed by atoms with van der Waals surface area (Å²) in [4.78, 5) is 20.5. The summed E-state index contributed by atoms with van der Waals surface area (Å²) in [5.74, 6) is 1.08. The van der Waals surface area contributed by atoms with Crippen molar-refractivity contribution in [2.24, 2.45) is 0 Å². The van der Waals surface area contributed by atoms with Crippen molar-refractivity contribution in [3.05, 3.63) is 77.2 Å². The summed E-state index contributed by atoms with van der Waals surface area (Å²) in [6, 6.07) is 16.6. The lowest BCUT2D eigenvalue weighted by Gasteiger charge is -2.08. The Kier molecular flexibility index (Phi) is 6.22. The molecule has 0 radical (unpaired) electrons. The third kappa shape index (κ3) is 5.43. The number of nitrogens with zero attached hydrogens (tertiary/aromatic N) is 2. The first kappa shape index (κ1) is 18.7. The predicted octanol–water partition coefficient (Wildman–Crippen LogP) is 3.85. The Morgan fingerprint density at radius 1 is 1.11 bits per heavy atom. The second kappa shape index (κ2) is 9.00. The predicted molar refractivity (Wildman–Crippen MR) is 106 cm³/mol. The normalized spacial score (nSPS) is 10.3. The van der Waals surface area contributed by atoms with Crippen LogP contribution in [-0.2, 0) is 6.42 Å². The quantitative estimate of drug-likeness (QED) is 0.649. The summed E-state index contributed by atoms with van der Waals surface area (Å²) >= 11 is 5.88. The zero-order valence-corrected chi connectivity index (χ0v) is 15.5. The van der Waals surface area contributed by atoms with Crippen LogP contribution in [0.15, 0.2) is 60.9 Å². The molecule has 0 saturated heterocycles. The summed E-state index contributed by atoms with van der Waals surface area (Å²) in [5.41, 5.74) is 2.21. The van der Waals surface area contributed by atoms with Crippen LogP contribution in [0.3, 0.4) is 0 Å². The molecule has 27 heavy (non-hydrogen) atoms. The third-order valence-electron chi connectivity index (χ3n) is 3.85. The van der Waals surface area contributed by atoms with Crippen LogP contribution < -0.4 is 15.4 Å². The van der Waals surface area contributed by atoms with Crippen molar-refractivity contribution >= 4 is 29.0 Å². The molecule has 0 fully saturated rings. The number of rotatable bonds is 7. The zero-order valence-electron chi connectivity index (χ0n) is 14.8. The molecule has 0 aliphatic heterocycles. The first-order chi connectivity index (χ1) is 13.1. The lowest BCUT2D eigenvalue weighted by atomic mass is 10.1. The molecule has 1 amide bonds. The molecule has 7 heteroatoms. The van der Waals surface area contributed by atoms with Gasteiger partial charge in [0.05, 0.1) is 7.11 Å². The van der Waals surface area contributed by atoms with Crippen LogP contribution >= 0.6 is 11.6 Å². The minimum absolute atomic E-state index is 0.251. The maximum atomic E-state index is 12.3. The number of hydrogen-bond acceptors (Lipinski definition) is 5. The van der Waals surface area contributed by atoms with E-state index in [1.807, 2.05) is 36.4 Å². The molecule has 2 aromatic carbocycles. The summed E-state index contributed by atoms with van der Waals surface area (Å²) in [6.45, 7) is 0.496. The van der Waals surface area contributed by atoms with Crippen LogP contribution in [0.25, 0.3) is 0 Å². The minimum Gasteiger partial charge on any atom is -0.497 e. The molecule has 0 aliphatic rings. The highest BCUT2D eigenvalue weighted by Gasteiger charge is 2.09. The van der Waals surface area contributed by atoms with Crippen molar-refractivity contribution in [3.63, 3.8) is 0 Å². The molecule has 0 spiro atoms. The van der Waals surface area contributed by atoms with E-state index in [4.69, 9.17) is 16.3 Å². The van der Waals surface area contributed by atoms with Crippen LogP contribution in [0.4, 0.5) is 11.5 Å². The number of benzene rings is 2. The maximum absolute atomic E-state index is 12.3. The topological polar surface area (TPSA) is 76.1 Å². The monoisotopic (exact) mass is 382 g/mol. The summed E-state index contributed by atoms with van der Waals surface area (Å²) in [7, 11) is 1.63. The molecule has 1 heterocycles. The SMILES string of the molecule is COc1cccc(CCNC(=O)c2cc(Nc3ccc(Cl)cc3)ncn2)c1. The highest BCUT2D eigenvalue weighted by atomic mass is 35.5. The zero-order chi connectivity index (χ0) is 19.1. The van der Waals surface area contributed by atoms with Crippen molar-refractivity contribution in [2.75, 3.05) is 19.0 Å². The second-order valence-corrected chi connectivity index (χ2v) is 6.21.